The number of carbonyl (C=O) groups excluding carboxylic acids is 1. The van der Waals surface area contributed by atoms with Crippen LogP contribution in [0.3, 0.4) is 0 Å². The van der Waals surface area contributed by atoms with Crippen LogP contribution in [0.2, 0.25) is 0 Å². The molecular weight excluding hydrogens is 176 g/mol. The van der Waals surface area contributed by atoms with Crippen molar-refractivity contribution in [3.8, 4) is 5.88 Å². The highest BCUT2D eigenvalue weighted by molar-refractivity contribution is 5.76. The molecule has 0 aliphatic carbocycles. The van der Waals surface area contributed by atoms with E-state index >= 15 is 0 Å². The van der Waals surface area contributed by atoms with Crippen LogP contribution < -0.4 is 16.4 Å². The zero-order valence-electron chi connectivity index (χ0n) is 7.10. The van der Waals surface area contributed by atoms with Gasteiger partial charge in [0.25, 0.3) is 5.56 Å². The molecule has 0 N–H and O–H groups in total. The molecule has 0 aliphatic heterocycles. The minimum absolute atomic E-state index is 0.157. The van der Waals surface area contributed by atoms with Crippen LogP contribution >= 0.6 is 0 Å². The van der Waals surface area contributed by atoms with E-state index in [0.717, 1.165) is 0 Å². The third-order valence-corrected chi connectivity index (χ3v) is 1.76. The first kappa shape index (κ1) is 9.24. The lowest BCUT2D eigenvalue weighted by molar-refractivity contribution is -0.280. The Bertz CT molecular complexity index is 469. The Morgan fingerprint density at radius 3 is 2.23 bits per heavy atom. The molecule has 0 aromatic carbocycles. The van der Waals surface area contributed by atoms with Crippen LogP contribution in [0.15, 0.2) is 9.59 Å². The monoisotopic (exact) mass is 183 g/mol. The Hall–Kier alpha value is -1.85. The van der Waals surface area contributed by atoms with E-state index < -0.39 is 22.7 Å². The maximum Gasteiger partial charge on any atom is 0.329 e. The molecule has 6 heteroatoms. The van der Waals surface area contributed by atoms with Gasteiger partial charge in [0.05, 0.1) is 5.56 Å². The number of nitrogens with zero attached hydrogens (tertiary/aromatic N) is 2. The van der Waals surface area contributed by atoms with Crippen molar-refractivity contribution in [3.63, 3.8) is 0 Å². The first-order valence-electron chi connectivity index (χ1n) is 3.43. The van der Waals surface area contributed by atoms with Crippen molar-refractivity contribution in [3.05, 3.63) is 26.4 Å². The smallest absolute Gasteiger partial charge is 0.329 e. The molecule has 6 nitrogen and oxygen atoms in total. The predicted octanol–water partition coefficient (Wildman–Crippen LogP) is -2.03. The van der Waals surface area contributed by atoms with E-state index in [9.17, 15) is 19.5 Å². The lowest BCUT2D eigenvalue weighted by Crippen LogP contribution is -2.40. The van der Waals surface area contributed by atoms with Crippen molar-refractivity contribution >= 4 is 6.29 Å². The molecule has 0 atom stereocenters. The molecule has 0 fully saturated rings. The van der Waals surface area contributed by atoms with Gasteiger partial charge in [0, 0.05) is 14.1 Å². The van der Waals surface area contributed by atoms with Gasteiger partial charge >= 0.3 is 5.69 Å². The molecule has 1 heterocycles. The van der Waals surface area contributed by atoms with Crippen molar-refractivity contribution in [2.24, 2.45) is 14.1 Å². The quantitative estimate of drug-likeness (QED) is 0.470. The molecule has 70 valence electrons. The molecule has 1 rings (SSSR count). The average molecular weight is 183 g/mol. The van der Waals surface area contributed by atoms with Gasteiger partial charge in [0.15, 0.2) is 6.29 Å². The fourth-order valence-corrected chi connectivity index (χ4v) is 0.952. The van der Waals surface area contributed by atoms with Crippen LogP contribution in [-0.2, 0) is 14.1 Å². The standard InChI is InChI=1S/C7H8N2O4/c1-8-5(11)4(3-10)6(12)9(2)7(8)13/h3,11H,1-2H3/p-1. The summed E-state index contributed by atoms with van der Waals surface area (Å²) in [4.78, 5) is 32.5. The zero-order chi connectivity index (χ0) is 10.2. The summed E-state index contributed by atoms with van der Waals surface area (Å²) >= 11 is 0. The summed E-state index contributed by atoms with van der Waals surface area (Å²) in [7, 11) is 2.41. The highest BCUT2D eigenvalue weighted by Gasteiger charge is 2.07. The second-order valence-corrected chi connectivity index (χ2v) is 2.54. The number of aromatic nitrogens is 2. The number of rotatable bonds is 1. The van der Waals surface area contributed by atoms with Gasteiger partial charge in [0.2, 0.25) is 0 Å². The molecule has 1 aromatic rings. The number of aldehydes is 1. The van der Waals surface area contributed by atoms with E-state index in [2.05, 4.69) is 0 Å². The number of carbonyl (C=O) groups is 1. The summed E-state index contributed by atoms with van der Waals surface area (Å²) in [6, 6.07) is 0. The van der Waals surface area contributed by atoms with Crippen LogP contribution in [0.1, 0.15) is 10.4 Å². The summed E-state index contributed by atoms with van der Waals surface area (Å²) in [5, 5.41) is 11.1. The molecule has 1 aromatic heterocycles. The zero-order valence-corrected chi connectivity index (χ0v) is 7.10. The third-order valence-electron chi connectivity index (χ3n) is 1.76. The van der Waals surface area contributed by atoms with Crippen molar-refractivity contribution in [2.75, 3.05) is 0 Å². The maximum atomic E-state index is 11.1. The van der Waals surface area contributed by atoms with E-state index in [0.29, 0.717) is 9.13 Å². The Morgan fingerprint density at radius 1 is 1.23 bits per heavy atom. The number of hydrogen-bond acceptors (Lipinski definition) is 4. The summed E-state index contributed by atoms with van der Waals surface area (Å²) < 4.78 is 1.43. The van der Waals surface area contributed by atoms with Crippen LogP contribution in [0.4, 0.5) is 0 Å². The Balaban J connectivity index is 3.88. The van der Waals surface area contributed by atoms with Gasteiger partial charge in [0.1, 0.15) is 0 Å². The molecule has 0 saturated heterocycles. The van der Waals surface area contributed by atoms with Gasteiger partial charge in [-0.15, -0.1) is 0 Å². The van der Waals surface area contributed by atoms with Crippen molar-refractivity contribution in [1.29, 1.82) is 0 Å². The fraction of sp³-hybridized carbons (Fsp3) is 0.286. The third kappa shape index (κ3) is 1.16. The van der Waals surface area contributed by atoms with Gasteiger partial charge in [-0.05, 0) is 5.88 Å². The van der Waals surface area contributed by atoms with E-state index in [1.165, 1.54) is 14.1 Å². The molecule has 0 saturated carbocycles. The topological polar surface area (TPSA) is 84.1 Å². The largest absolute Gasteiger partial charge is 0.859 e. The lowest BCUT2D eigenvalue weighted by atomic mass is 10.3. The van der Waals surface area contributed by atoms with E-state index in [1.807, 2.05) is 0 Å². The first-order chi connectivity index (χ1) is 6.00. The van der Waals surface area contributed by atoms with Crippen molar-refractivity contribution in [1.82, 2.24) is 9.13 Å². The van der Waals surface area contributed by atoms with Gasteiger partial charge in [-0.3, -0.25) is 14.2 Å². The predicted molar refractivity (Wildman–Crippen MR) is 41.8 cm³/mol. The minimum Gasteiger partial charge on any atom is -0.859 e. The normalized spacial score (nSPS) is 10.0. The summed E-state index contributed by atoms with van der Waals surface area (Å²) in [5.74, 6) is -0.858. The average Bonchev–Trinajstić information content (AvgIpc) is 2.13. The van der Waals surface area contributed by atoms with Gasteiger partial charge in [-0.2, -0.15) is 0 Å². The SMILES string of the molecule is Cn1c([O-])c(C=O)c(=O)n(C)c1=O. The summed E-state index contributed by atoms with van der Waals surface area (Å²) in [6.45, 7) is 0. The Kier molecular flexibility index (Phi) is 2.05. The second kappa shape index (κ2) is 2.89. The lowest BCUT2D eigenvalue weighted by Gasteiger charge is -2.14. The molecule has 13 heavy (non-hydrogen) atoms. The molecule has 0 spiro atoms. The molecular formula is C7H7N2O4-. The first-order valence-corrected chi connectivity index (χ1v) is 3.43. The second-order valence-electron chi connectivity index (χ2n) is 2.54. The van der Waals surface area contributed by atoms with Gasteiger partial charge in [-0.25, -0.2) is 4.79 Å². The van der Waals surface area contributed by atoms with Crippen LogP contribution in [0, 0.1) is 0 Å². The Labute approximate surface area is 72.7 Å². The van der Waals surface area contributed by atoms with Crippen LogP contribution in [-0.4, -0.2) is 15.4 Å². The molecule has 0 radical (unpaired) electrons. The Morgan fingerprint density at radius 2 is 1.77 bits per heavy atom. The molecule has 0 unspecified atom stereocenters. The highest BCUT2D eigenvalue weighted by Crippen LogP contribution is 1.99. The van der Waals surface area contributed by atoms with E-state index in [1.54, 1.807) is 0 Å². The maximum absolute atomic E-state index is 11.1. The highest BCUT2D eigenvalue weighted by atomic mass is 16.3. The van der Waals surface area contributed by atoms with Crippen molar-refractivity contribution < 1.29 is 9.90 Å². The summed E-state index contributed by atoms with van der Waals surface area (Å²) in [5.41, 5.74) is -2.12. The van der Waals surface area contributed by atoms with E-state index in [-0.39, 0.29) is 6.29 Å². The number of hydrogen-bond donors (Lipinski definition) is 0. The van der Waals surface area contributed by atoms with Gasteiger partial charge < -0.3 is 9.67 Å². The summed E-state index contributed by atoms with van der Waals surface area (Å²) in [6.07, 6.45) is 0.157. The van der Waals surface area contributed by atoms with E-state index in [4.69, 9.17) is 0 Å². The molecule has 0 amide bonds. The molecule has 0 bridgehead atoms. The van der Waals surface area contributed by atoms with Gasteiger partial charge in [-0.1, -0.05) is 0 Å². The van der Waals surface area contributed by atoms with Crippen molar-refractivity contribution in [2.45, 2.75) is 0 Å². The van der Waals surface area contributed by atoms with Crippen LogP contribution in [0.5, 0.6) is 5.88 Å². The molecule has 0 aliphatic rings. The minimum atomic E-state index is -0.858. The fourth-order valence-electron chi connectivity index (χ4n) is 0.952. The van der Waals surface area contributed by atoms with Crippen LogP contribution in [0.25, 0.3) is 0 Å².